The van der Waals surface area contributed by atoms with Crippen molar-refractivity contribution in [2.45, 2.75) is 38.3 Å². The molecule has 6 nitrogen and oxygen atoms in total. The van der Waals surface area contributed by atoms with E-state index in [1.807, 2.05) is 30.3 Å². The number of phenols is 1. The smallest absolute Gasteiger partial charge is 0.328 e. The van der Waals surface area contributed by atoms with Crippen molar-refractivity contribution in [3.63, 3.8) is 0 Å². The first-order valence-corrected chi connectivity index (χ1v) is 10.1. The van der Waals surface area contributed by atoms with Crippen LogP contribution in [0, 0.1) is 0 Å². The maximum atomic E-state index is 13.3. The molecular formula is C23H23N3O3. The molecule has 3 amide bonds. The molecule has 1 saturated heterocycles. The number of amides is 3. The van der Waals surface area contributed by atoms with Gasteiger partial charge in [-0.3, -0.25) is 14.6 Å². The van der Waals surface area contributed by atoms with Crippen LogP contribution in [0.2, 0.25) is 0 Å². The zero-order chi connectivity index (χ0) is 20.1. The van der Waals surface area contributed by atoms with E-state index in [0.29, 0.717) is 13.0 Å². The number of aromatic amines is 1. The fourth-order valence-electron chi connectivity index (χ4n) is 4.65. The number of carbonyl (C=O) groups excluding carboxylic acids is 2. The summed E-state index contributed by atoms with van der Waals surface area (Å²) in [5.74, 6) is 0.0644. The molecule has 0 bridgehead atoms. The molecule has 3 heterocycles. The third kappa shape index (κ3) is 2.63. The van der Waals surface area contributed by atoms with Crippen LogP contribution >= 0.6 is 0 Å². The lowest BCUT2D eigenvalue weighted by atomic mass is 9.89. The molecule has 2 aliphatic heterocycles. The van der Waals surface area contributed by atoms with Crippen LogP contribution in [0.3, 0.4) is 0 Å². The summed E-state index contributed by atoms with van der Waals surface area (Å²) in [5, 5.41) is 10.8. The number of aromatic hydroxyl groups is 1. The Balaban J connectivity index is 1.68. The molecule has 3 aromatic rings. The van der Waals surface area contributed by atoms with Gasteiger partial charge in [-0.2, -0.15) is 0 Å². The van der Waals surface area contributed by atoms with Crippen molar-refractivity contribution in [3.05, 3.63) is 65.4 Å². The van der Waals surface area contributed by atoms with Crippen LogP contribution < -0.4 is 0 Å². The van der Waals surface area contributed by atoms with Crippen molar-refractivity contribution in [1.82, 2.24) is 14.8 Å². The molecule has 1 fully saturated rings. The molecule has 2 atom stereocenters. The van der Waals surface area contributed by atoms with Gasteiger partial charge < -0.3 is 10.1 Å². The highest BCUT2D eigenvalue weighted by Crippen LogP contribution is 2.44. The number of rotatable bonds is 4. The highest BCUT2D eigenvalue weighted by molar-refractivity contribution is 6.05. The number of fused-ring (bicyclic) bond motifs is 4. The van der Waals surface area contributed by atoms with Crippen molar-refractivity contribution in [3.8, 4) is 5.75 Å². The third-order valence-corrected chi connectivity index (χ3v) is 6.08. The molecule has 0 spiro atoms. The minimum Gasteiger partial charge on any atom is -0.508 e. The lowest BCUT2D eigenvalue weighted by molar-refractivity contribution is -0.128. The van der Waals surface area contributed by atoms with Gasteiger partial charge in [-0.25, -0.2) is 4.79 Å². The van der Waals surface area contributed by atoms with Crippen LogP contribution in [-0.2, 0) is 11.2 Å². The fourth-order valence-corrected chi connectivity index (χ4v) is 4.65. The number of hydrogen-bond acceptors (Lipinski definition) is 3. The molecule has 1 aromatic heterocycles. The molecule has 148 valence electrons. The Kier molecular flexibility index (Phi) is 4.08. The Morgan fingerprint density at radius 1 is 1.10 bits per heavy atom. The molecule has 2 aromatic carbocycles. The molecule has 6 heteroatoms. The van der Waals surface area contributed by atoms with E-state index < -0.39 is 6.04 Å². The van der Waals surface area contributed by atoms with Gasteiger partial charge in [0.05, 0.1) is 0 Å². The van der Waals surface area contributed by atoms with Crippen LogP contribution in [-0.4, -0.2) is 44.4 Å². The van der Waals surface area contributed by atoms with Crippen LogP contribution in [0.25, 0.3) is 10.9 Å². The monoisotopic (exact) mass is 389 g/mol. The Bertz CT molecular complexity index is 1100. The first-order valence-electron chi connectivity index (χ1n) is 10.1. The molecule has 0 saturated carbocycles. The SMILES string of the molecule is CCCCN1C(=O)[C@H]2Cc3c([nH]c4ccccc34)[C@@H](c3ccc(O)cc3)N2C1=O. The van der Waals surface area contributed by atoms with Crippen molar-refractivity contribution in [2.75, 3.05) is 6.54 Å². The van der Waals surface area contributed by atoms with E-state index in [9.17, 15) is 14.7 Å². The lowest BCUT2D eigenvalue weighted by Crippen LogP contribution is -2.44. The second-order valence-electron chi connectivity index (χ2n) is 7.81. The average Bonchev–Trinajstić information content (AvgIpc) is 3.21. The maximum Gasteiger partial charge on any atom is 0.328 e. The Morgan fingerprint density at radius 3 is 2.62 bits per heavy atom. The zero-order valence-corrected chi connectivity index (χ0v) is 16.3. The van der Waals surface area contributed by atoms with Gasteiger partial charge in [0, 0.05) is 29.6 Å². The minimum absolute atomic E-state index is 0.108. The number of benzene rings is 2. The van der Waals surface area contributed by atoms with Gasteiger partial charge in [-0.05, 0) is 35.7 Å². The average molecular weight is 389 g/mol. The van der Waals surface area contributed by atoms with E-state index in [1.165, 1.54) is 4.90 Å². The predicted molar refractivity (Wildman–Crippen MR) is 110 cm³/mol. The molecule has 29 heavy (non-hydrogen) atoms. The van der Waals surface area contributed by atoms with Crippen molar-refractivity contribution >= 4 is 22.8 Å². The number of H-pyrrole nitrogens is 1. The van der Waals surface area contributed by atoms with E-state index >= 15 is 0 Å². The lowest BCUT2D eigenvalue weighted by Gasteiger charge is -2.36. The zero-order valence-electron chi connectivity index (χ0n) is 16.3. The summed E-state index contributed by atoms with van der Waals surface area (Å²) in [5.41, 5.74) is 3.93. The summed E-state index contributed by atoms with van der Waals surface area (Å²) in [4.78, 5) is 33.1. The number of nitrogens with one attached hydrogen (secondary N) is 1. The van der Waals surface area contributed by atoms with E-state index in [-0.39, 0.29) is 23.7 Å². The van der Waals surface area contributed by atoms with Crippen LogP contribution in [0.5, 0.6) is 5.75 Å². The normalized spacial score (nSPS) is 21.0. The van der Waals surface area contributed by atoms with Crippen LogP contribution in [0.15, 0.2) is 48.5 Å². The number of aromatic nitrogens is 1. The number of hydrogen-bond donors (Lipinski definition) is 2. The first-order chi connectivity index (χ1) is 14.1. The summed E-state index contributed by atoms with van der Waals surface area (Å²) in [6.07, 6.45) is 2.24. The van der Waals surface area contributed by atoms with Crippen molar-refractivity contribution < 1.29 is 14.7 Å². The summed E-state index contributed by atoms with van der Waals surface area (Å²) in [6, 6.07) is 13.8. The highest BCUT2D eigenvalue weighted by atomic mass is 16.3. The van der Waals surface area contributed by atoms with Gasteiger partial charge in [-0.1, -0.05) is 43.7 Å². The van der Waals surface area contributed by atoms with E-state index in [2.05, 4.69) is 18.0 Å². The standard InChI is InChI=1S/C23H23N3O3/c1-2-3-12-25-22(28)19-13-17-16-6-4-5-7-18(16)24-20(17)21(26(19)23(25)29)14-8-10-15(27)11-9-14/h4-11,19,21,24,27H,2-3,12-13H2,1H3/t19-,21-/m1/s1. The van der Waals surface area contributed by atoms with Gasteiger partial charge >= 0.3 is 6.03 Å². The molecule has 5 rings (SSSR count). The molecule has 0 aliphatic carbocycles. The molecular weight excluding hydrogens is 366 g/mol. The topological polar surface area (TPSA) is 76.6 Å². The summed E-state index contributed by atoms with van der Waals surface area (Å²) >= 11 is 0. The van der Waals surface area contributed by atoms with Gasteiger partial charge in [0.2, 0.25) is 0 Å². The minimum atomic E-state index is -0.495. The number of unbranched alkanes of at least 4 members (excludes halogenated alkanes) is 1. The Labute approximate surface area is 168 Å². The number of urea groups is 1. The summed E-state index contributed by atoms with van der Waals surface area (Å²) in [7, 11) is 0. The molecule has 0 unspecified atom stereocenters. The third-order valence-electron chi connectivity index (χ3n) is 6.08. The van der Waals surface area contributed by atoms with Gasteiger partial charge in [0.15, 0.2) is 0 Å². The summed E-state index contributed by atoms with van der Waals surface area (Å²) < 4.78 is 0. The first kappa shape index (κ1) is 17.8. The second-order valence-corrected chi connectivity index (χ2v) is 7.81. The summed E-state index contributed by atoms with van der Waals surface area (Å²) in [6.45, 7) is 2.51. The maximum absolute atomic E-state index is 13.3. The number of nitrogens with zero attached hydrogens (tertiary/aromatic N) is 2. The van der Waals surface area contributed by atoms with E-state index in [0.717, 1.165) is 40.6 Å². The number of para-hydroxylation sites is 1. The Hall–Kier alpha value is -3.28. The van der Waals surface area contributed by atoms with Gasteiger partial charge in [0.1, 0.15) is 17.8 Å². The molecule has 2 N–H and O–H groups in total. The van der Waals surface area contributed by atoms with Crippen LogP contribution in [0.1, 0.15) is 42.6 Å². The molecule has 2 aliphatic rings. The second kappa shape index (κ2) is 6.65. The van der Waals surface area contributed by atoms with Crippen molar-refractivity contribution in [1.29, 1.82) is 0 Å². The number of carbonyl (C=O) groups is 2. The number of phenolic OH excluding ortho intramolecular Hbond substituents is 1. The van der Waals surface area contributed by atoms with E-state index in [1.54, 1.807) is 17.0 Å². The van der Waals surface area contributed by atoms with Crippen LogP contribution in [0.4, 0.5) is 4.79 Å². The highest BCUT2D eigenvalue weighted by Gasteiger charge is 2.52. The quantitative estimate of drug-likeness (QED) is 0.664. The largest absolute Gasteiger partial charge is 0.508 e. The molecule has 0 radical (unpaired) electrons. The fraction of sp³-hybridized carbons (Fsp3) is 0.304. The van der Waals surface area contributed by atoms with Gasteiger partial charge in [-0.15, -0.1) is 0 Å². The van der Waals surface area contributed by atoms with Gasteiger partial charge in [0.25, 0.3) is 5.91 Å². The van der Waals surface area contributed by atoms with E-state index in [4.69, 9.17) is 0 Å². The predicted octanol–water partition coefficient (Wildman–Crippen LogP) is 3.95. The van der Waals surface area contributed by atoms with Crippen molar-refractivity contribution in [2.24, 2.45) is 0 Å². The number of imide groups is 1. The Morgan fingerprint density at radius 2 is 1.86 bits per heavy atom.